The van der Waals surface area contributed by atoms with E-state index in [0.29, 0.717) is 69.0 Å². The van der Waals surface area contributed by atoms with Crippen LogP contribution in [0.15, 0.2) is 48.5 Å². The van der Waals surface area contributed by atoms with Gasteiger partial charge in [0.2, 0.25) is 41.4 Å². The molecule has 2 aliphatic rings. The normalized spacial score (nSPS) is 18.8. The third-order valence-electron chi connectivity index (χ3n) is 11.1. The predicted octanol–water partition coefficient (Wildman–Crippen LogP) is 0.485. The smallest absolute Gasteiger partial charge is 0.246 e. The fourth-order valence-electron chi connectivity index (χ4n) is 7.63. The summed E-state index contributed by atoms with van der Waals surface area (Å²) in [6, 6.07) is 6.22. The highest BCUT2D eigenvalue weighted by atomic mass is 16.3. The van der Waals surface area contributed by atoms with Gasteiger partial charge < -0.3 is 52.7 Å². The summed E-state index contributed by atoms with van der Waals surface area (Å²) >= 11 is 0. The Morgan fingerprint density at radius 1 is 0.712 bits per heavy atom. The molecule has 2 fully saturated rings. The summed E-state index contributed by atoms with van der Waals surface area (Å²) in [5, 5.41) is 30.7. The van der Waals surface area contributed by atoms with E-state index < -0.39 is 77.6 Å². The summed E-state index contributed by atoms with van der Waals surface area (Å²) in [4.78, 5) is 97.4. The van der Waals surface area contributed by atoms with Gasteiger partial charge in [0.15, 0.2) is 0 Å². The molecule has 17 nitrogen and oxygen atoms in total. The number of phenolic OH excluding ortho intramolecular Hbond substituents is 2. The van der Waals surface area contributed by atoms with Crippen molar-refractivity contribution in [1.29, 1.82) is 0 Å². The van der Waals surface area contributed by atoms with Crippen molar-refractivity contribution >= 4 is 41.4 Å². The Hall–Kier alpha value is -5.71. The number of benzene rings is 2. The van der Waals surface area contributed by atoms with Crippen LogP contribution in [0.4, 0.5) is 0 Å². The molecule has 7 amide bonds. The van der Waals surface area contributed by atoms with Crippen LogP contribution in [-0.4, -0.2) is 117 Å². The van der Waals surface area contributed by atoms with Gasteiger partial charge in [-0.2, -0.15) is 0 Å². The van der Waals surface area contributed by atoms with Crippen LogP contribution in [0.25, 0.3) is 0 Å². The van der Waals surface area contributed by atoms with Gasteiger partial charge in [-0.3, -0.25) is 33.6 Å². The van der Waals surface area contributed by atoms with E-state index in [0.717, 1.165) is 0 Å². The average molecular weight is 821 g/mol. The van der Waals surface area contributed by atoms with Crippen molar-refractivity contribution in [3.05, 3.63) is 59.7 Å². The highest BCUT2D eigenvalue weighted by Gasteiger charge is 2.43. The van der Waals surface area contributed by atoms with Gasteiger partial charge in [-0.25, -0.2) is 0 Å². The van der Waals surface area contributed by atoms with Crippen molar-refractivity contribution in [2.45, 2.75) is 121 Å². The number of likely N-dealkylation sites (tertiary alicyclic amines) is 2. The number of nitrogens with zero attached hydrogens (tertiary/aromatic N) is 2. The van der Waals surface area contributed by atoms with Crippen LogP contribution in [0.3, 0.4) is 0 Å². The third-order valence-corrected chi connectivity index (χ3v) is 11.1. The number of carbonyl (C=O) groups is 7. The lowest BCUT2D eigenvalue weighted by Gasteiger charge is -2.34. The first-order chi connectivity index (χ1) is 28.1. The number of rotatable bonds is 20. The van der Waals surface area contributed by atoms with Crippen LogP contribution in [-0.2, 0) is 46.4 Å². The second kappa shape index (κ2) is 21.9. The summed E-state index contributed by atoms with van der Waals surface area (Å²) in [6.07, 6.45) is 3.80. The summed E-state index contributed by atoms with van der Waals surface area (Å²) in [7, 11) is 0. The van der Waals surface area contributed by atoms with E-state index in [-0.39, 0.29) is 43.3 Å². The van der Waals surface area contributed by atoms with Crippen LogP contribution in [0.5, 0.6) is 11.5 Å². The van der Waals surface area contributed by atoms with E-state index in [4.69, 9.17) is 11.5 Å². The lowest BCUT2D eigenvalue weighted by molar-refractivity contribution is -0.145. The topological polar surface area (TPSA) is 267 Å². The molecule has 2 saturated heterocycles. The molecule has 0 aliphatic carbocycles. The highest BCUT2D eigenvalue weighted by Crippen LogP contribution is 2.25. The number of carbonyl (C=O) groups excluding carboxylic acids is 7. The molecule has 0 aromatic heterocycles. The lowest BCUT2D eigenvalue weighted by atomic mass is 9.96. The molecule has 2 aromatic carbocycles. The van der Waals surface area contributed by atoms with Gasteiger partial charge in [0.05, 0.1) is 0 Å². The zero-order chi connectivity index (χ0) is 43.2. The number of unbranched alkanes of at least 4 members (excludes halogenated alkanes) is 1. The number of hydrogen-bond donors (Lipinski definition) is 8. The Bertz CT molecular complexity index is 1790. The largest absolute Gasteiger partial charge is 0.508 e. The van der Waals surface area contributed by atoms with Crippen LogP contribution < -0.4 is 32.7 Å². The first-order valence-electron chi connectivity index (χ1n) is 20.5. The molecule has 0 spiro atoms. The Morgan fingerprint density at radius 3 is 1.71 bits per heavy atom. The Balaban J connectivity index is 1.53. The van der Waals surface area contributed by atoms with Crippen molar-refractivity contribution in [1.82, 2.24) is 31.1 Å². The maximum Gasteiger partial charge on any atom is 0.246 e. The number of nitrogens with one attached hydrogen (secondary N) is 4. The Morgan fingerprint density at radius 2 is 1.22 bits per heavy atom. The van der Waals surface area contributed by atoms with Crippen molar-refractivity contribution in [3.8, 4) is 11.5 Å². The van der Waals surface area contributed by atoms with Crippen LogP contribution >= 0.6 is 0 Å². The maximum absolute atomic E-state index is 14.5. The minimum absolute atomic E-state index is 0.00227. The fourth-order valence-corrected chi connectivity index (χ4v) is 7.63. The Labute approximate surface area is 345 Å². The zero-order valence-electron chi connectivity index (χ0n) is 34.2. The predicted molar refractivity (Wildman–Crippen MR) is 218 cm³/mol. The van der Waals surface area contributed by atoms with Gasteiger partial charge in [0.1, 0.15) is 47.8 Å². The molecular weight excluding hydrogens is 761 g/mol. The van der Waals surface area contributed by atoms with Gasteiger partial charge in [-0.15, -0.1) is 0 Å². The van der Waals surface area contributed by atoms with E-state index in [1.54, 1.807) is 24.3 Å². The van der Waals surface area contributed by atoms with Crippen molar-refractivity contribution < 1.29 is 43.8 Å². The summed E-state index contributed by atoms with van der Waals surface area (Å²) in [5.74, 6) is -4.16. The zero-order valence-corrected chi connectivity index (χ0v) is 34.2. The molecular formula is C42H60N8O9. The first-order valence-corrected chi connectivity index (χ1v) is 20.5. The minimum atomic E-state index is -1.19. The third kappa shape index (κ3) is 12.9. The van der Waals surface area contributed by atoms with E-state index >= 15 is 0 Å². The van der Waals surface area contributed by atoms with Crippen LogP contribution in [0.2, 0.25) is 0 Å². The second-order valence-electron chi connectivity index (χ2n) is 15.6. The van der Waals surface area contributed by atoms with E-state index in [1.165, 1.54) is 41.0 Å². The highest BCUT2D eigenvalue weighted by molar-refractivity contribution is 5.97. The fraction of sp³-hybridized carbons (Fsp3) is 0.548. The number of primary amides is 1. The minimum Gasteiger partial charge on any atom is -0.508 e. The number of nitrogens with two attached hydrogens (primary N) is 2. The first kappa shape index (κ1) is 46.0. The molecule has 2 aliphatic heterocycles. The molecule has 2 aromatic rings. The average Bonchev–Trinajstić information content (AvgIpc) is 3.91. The van der Waals surface area contributed by atoms with Gasteiger partial charge in [-0.05, 0) is 92.8 Å². The van der Waals surface area contributed by atoms with E-state index in [1.807, 2.05) is 13.8 Å². The van der Waals surface area contributed by atoms with Crippen LogP contribution in [0.1, 0.15) is 83.3 Å². The molecule has 7 atom stereocenters. The SMILES string of the molecule is CC[C@H](C)[C@H](NC(=O)[C@@H]1CCCN1C(=O)[C@H](Cc1ccc(O)cc1)NC(=O)[C@H](Cc1ccc(O)cc1)NC(C)=O)C(=O)N1CCC[C@H]1C(=O)N[C@@H](CCCCN)C(N)=O. The molecule has 322 valence electrons. The lowest BCUT2D eigenvalue weighted by Crippen LogP contribution is -2.60. The number of phenols is 2. The summed E-state index contributed by atoms with van der Waals surface area (Å²) in [6.45, 7) is 5.86. The van der Waals surface area contributed by atoms with Gasteiger partial charge in [0, 0.05) is 32.9 Å². The summed E-state index contributed by atoms with van der Waals surface area (Å²) in [5.41, 5.74) is 12.4. The Kier molecular flexibility index (Phi) is 17.1. The quantitative estimate of drug-likeness (QED) is 0.0857. The van der Waals surface area contributed by atoms with Gasteiger partial charge >= 0.3 is 0 Å². The molecule has 59 heavy (non-hydrogen) atoms. The molecule has 17 heteroatoms. The molecule has 2 heterocycles. The number of aromatic hydroxyl groups is 2. The molecule has 0 saturated carbocycles. The molecule has 0 radical (unpaired) electrons. The standard InChI is InChI=1S/C42H60N8O9/c1-4-25(2)36(42(59)50-22-8-10-34(50)39(56)46-31(37(44)54)9-5-6-20-43)48-40(57)35-11-7-21-49(35)41(58)33(24-28-14-18-30(53)19-15-28)47-38(55)32(45-26(3)51)23-27-12-16-29(52)17-13-27/h12-19,25,31-36,52-53H,4-11,20-24,43H2,1-3H3,(H2,44,54)(H,45,51)(H,46,56)(H,47,55)(H,48,57)/t25-,31-,32-,33-,34-,35-,36-/m0/s1. The molecule has 4 rings (SSSR count). The van der Waals surface area contributed by atoms with Crippen molar-refractivity contribution in [2.75, 3.05) is 19.6 Å². The van der Waals surface area contributed by atoms with Crippen molar-refractivity contribution in [3.63, 3.8) is 0 Å². The molecule has 0 bridgehead atoms. The maximum atomic E-state index is 14.5. The van der Waals surface area contributed by atoms with Crippen molar-refractivity contribution in [2.24, 2.45) is 17.4 Å². The number of hydrogen-bond acceptors (Lipinski definition) is 10. The van der Waals surface area contributed by atoms with Gasteiger partial charge in [-0.1, -0.05) is 44.5 Å². The summed E-state index contributed by atoms with van der Waals surface area (Å²) < 4.78 is 0. The number of amides is 7. The molecule has 10 N–H and O–H groups in total. The van der Waals surface area contributed by atoms with E-state index in [2.05, 4.69) is 21.3 Å². The van der Waals surface area contributed by atoms with E-state index in [9.17, 15) is 43.8 Å². The second-order valence-corrected chi connectivity index (χ2v) is 15.6. The van der Waals surface area contributed by atoms with Gasteiger partial charge in [0.25, 0.3) is 0 Å². The molecule has 0 unspecified atom stereocenters. The van der Waals surface area contributed by atoms with Crippen LogP contribution in [0, 0.1) is 5.92 Å². The monoisotopic (exact) mass is 820 g/mol.